The Balaban J connectivity index is 1.24. The van der Waals surface area contributed by atoms with E-state index in [2.05, 4.69) is 28.9 Å². The third kappa shape index (κ3) is 9.39. The topological polar surface area (TPSA) is 71.9 Å². The number of hydrogen-bond donors (Lipinski definition) is 1. The van der Waals surface area contributed by atoms with Crippen LogP contribution in [-0.2, 0) is 15.9 Å². The van der Waals surface area contributed by atoms with Crippen LogP contribution >= 0.6 is 34.7 Å². The zero-order valence-electron chi connectivity index (χ0n) is 23.4. The molecular weight excluding hydrogens is 571 g/mol. The number of nitrogens with zero attached hydrogens (tertiary/aromatic N) is 2. The van der Waals surface area contributed by atoms with Gasteiger partial charge in [0.2, 0.25) is 5.95 Å². The van der Waals surface area contributed by atoms with Crippen LogP contribution in [0, 0.1) is 11.9 Å². The number of esters is 1. The Labute approximate surface area is 251 Å². The maximum absolute atomic E-state index is 14.4. The van der Waals surface area contributed by atoms with Crippen LogP contribution in [0.25, 0.3) is 0 Å². The lowest BCUT2D eigenvalue weighted by molar-refractivity contribution is 0.0196. The molecule has 2 aliphatic rings. The standard InChI is InChI=1S/C30H42ClFN2O4S2/c1-2-3-4-10-25(35)22-8-5-9-23(20-22)39-27-21(12-13-24(27)31)7-6-11-26-33-29(32)28(40-26)30(36)38-19-16-34-14-17-37-18-15-34/h5,8-9,20-21,24-25,27,35H,2-4,6-7,10-19H2,1H3/t21-,24?,25?,27?/m0/s1. The van der Waals surface area contributed by atoms with Crippen molar-refractivity contribution in [2.24, 2.45) is 5.92 Å². The third-order valence-corrected chi connectivity index (χ3v) is 11.0. The predicted molar refractivity (Wildman–Crippen MR) is 160 cm³/mol. The van der Waals surface area contributed by atoms with Crippen molar-refractivity contribution >= 4 is 40.7 Å². The van der Waals surface area contributed by atoms with Gasteiger partial charge in [0.1, 0.15) is 6.61 Å². The Morgan fingerprint density at radius 3 is 2.92 bits per heavy atom. The first-order valence-electron chi connectivity index (χ1n) is 14.7. The molecule has 1 aromatic carbocycles. The molecule has 2 aromatic rings. The number of rotatable bonds is 15. The molecule has 4 atom stereocenters. The number of morpholine rings is 1. The maximum Gasteiger partial charge on any atom is 0.353 e. The van der Waals surface area contributed by atoms with Crippen LogP contribution in [0.15, 0.2) is 29.2 Å². The number of aliphatic hydroxyl groups excluding tert-OH is 1. The second-order valence-corrected chi connectivity index (χ2v) is 13.6. The lowest BCUT2D eigenvalue weighted by Gasteiger charge is -2.26. The van der Waals surface area contributed by atoms with E-state index in [-0.39, 0.29) is 16.9 Å². The molecule has 0 amide bonds. The summed E-state index contributed by atoms with van der Waals surface area (Å²) in [6.45, 7) is 6.02. The molecule has 6 nitrogen and oxygen atoms in total. The first-order chi connectivity index (χ1) is 19.4. The molecule has 1 aliphatic carbocycles. The van der Waals surface area contributed by atoms with E-state index in [1.54, 1.807) is 0 Å². The molecule has 222 valence electrons. The normalized spacial score (nSPS) is 22.4. The van der Waals surface area contributed by atoms with Gasteiger partial charge in [-0.2, -0.15) is 4.39 Å². The smallest absolute Gasteiger partial charge is 0.353 e. The molecule has 0 radical (unpaired) electrons. The zero-order chi connectivity index (χ0) is 28.3. The quantitative estimate of drug-likeness (QED) is 0.133. The Kier molecular flexibility index (Phi) is 13.0. The number of ether oxygens (including phenoxy) is 2. The number of hydrogen-bond acceptors (Lipinski definition) is 8. The number of carbonyl (C=O) groups excluding carboxylic acids is 1. The van der Waals surface area contributed by atoms with E-state index in [1.165, 1.54) is 0 Å². The van der Waals surface area contributed by atoms with Crippen molar-refractivity contribution in [3.05, 3.63) is 45.7 Å². The Hall–Kier alpha value is -1.23. The number of unbranched alkanes of at least 4 members (excludes halogenated alkanes) is 2. The van der Waals surface area contributed by atoms with Gasteiger partial charge in [-0.05, 0) is 62.1 Å². The fourth-order valence-corrected chi connectivity index (χ4v) is 8.22. The molecular formula is C30H42ClFN2O4S2. The number of thioether (sulfide) groups is 1. The van der Waals surface area contributed by atoms with Crippen LogP contribution in [0.3, 0.4) is 0 Å². The van der Waals surface area contributed by atoms with Crippen LogP contribution in [-0.4, -0.2) is 71.0 Å². The highest BCUT2D eigenvalue weighted by Crippen LogP contribution is 2.44. The first-order valence-corrected chi connectivity index (χ1v) is 16.8. The Morgan fingerprint density at radius 2 is 2.12 bits per heavy atom. The molecule has 0 bridgehead atoms. The monoisotopic (exact) mass is 612 g/mol. The number of alkyl halides is 1. The molecule has 1 saturated carbocycles. The van der Waals surface area contributed by atoms with Crippen LogP contribution in [0.4, 0.5) is 4.39 Å². The Morgan fingerprint density at radius 1 is 1.30 bits per heavy atom. The van der Waals surface area contributed by atoms with E-state index >= 15 is 0 Å². The van der Waals surface area contributed by atoms with Gasteiger partial charge in [-0.15, -0.1) is 34.7 Å². The highest BCUT2D eigenvalue weighted by atomic mass is 35.5. The summed E-state index contributed by atoms with van der Waals surface area (Å²) in [5.74, 6) is -0.909. The van der Waals surface area contributed by atoms with E-state index in [0.717, 1.165) is 86.3 Å². The summed E-state index contributed by atoms with van der Waals surface area (Å²) in [6.07, 6.45) is 8.18. The number of aromatic nitrogens is 1. The summed E-state index contributed by atoms with van der Waals surface area (Å²) in [5.41, 5.74) is 0.975. The number of benzene rings is 1. The molecule has 1 saturated heterocycles. The van der Waals surface area contributed by atoms with Gasteiger partial charge < -0.3 is 14.6 Å². The highest BCUT2D eigenvalue weighted by Gasteiger charge is 2.35. The molecule has 3 unspecified atom stereocenters. The zero-order valence-corrected chi connectivity index (χ0v) is 25.8. The second kappa shape index (κ2) is 16.4. The molecule has 40 heavy (non-hydrogen) atoms. The fourth-order valence-electron chi connectivity index (χ4n) is 5.43. The van der Waals surface area contributed by atoms with Crippen molar-refractivity contribution in [1.82, 2.24) is 9.88 Å². The number of aliphatic hydroxyl groups is 1. The molecule has 1 aliphatic heterocycles. The van der Waals surface area contributed by atoms with Crippen LogP contribution in [0.5, 0.6) is 0 Å². The average Bonchev–Trinajstić information content (AvgIpc) is 3.51. The van der Waals surface area contributed by atoms with Gasteiger partial charge in [-0.25, -0.2) is 9.78 Å². The molecule has 1 N–H and O–H groups in total. The summed E-state index contributed by atoms with van der Waals surface area (Å²) in [5, 5.41) is 11.6. The molecule has 2 fully saturated rings. The molecule has 10 heteroatoms. The molecule has 2 heterocycles. The first kappa shape index (κ1) is 31.7. The number of thiazole rings is 1. The van der Waals surface area contributed by atoms with Crippen molar-refractivity contribution in [2.75, 3.05) is 39.5 Å². The third-order valence-electron chi connectivity index (χ3n) is 7.76. The van der Waals surface area contributed by atoms with Gasteiger partial charge in [-0.3, -0.25) is 4.90 Å². The number of carbonyl (C=O) groups is 1. The van der Waals surface area contributed by atoms with Gasteiger partial charge in [0.25, 0.3) is 0 Å². The van der Waals surface area contributed by atoms with Gasteiger partial charge in [0.05, 0.1) is 24.3 Å². The van der Waals surface area contributed by atoms with Crippen molar-refractivity contribution in [1.29, 1.82) is 0 Å². The van der Waals surface area contributed by atoms with E-state index in [4.69, 9.17) is 21.1 Å². The number of aryl methyl sites for hydroxylation is 1. The van der Waals surface area contributed by atoms with Crippen molar-refractivity contribution < 1.29 is 23.8 Å². The molecule has 4 rings (SSSR count). The minimum Gasteiger partial charge on any atom is -0.460 e. The lowest BCUT2D eigenvalue weighted by atomic mass is 10.0. The molecule has 0 spiro atoms. The van der Waals surface area contributed by atoms with E-state index in [9.17, 15) is 14.3 Å². The van der Waals surface area contributed by atoms with Crippen molar-refractivity contribution in [2.45, 2.75) is 86.3 Å². The van der Waals surface area contributed by atoms with Gasteiger partial charge in [-0.1, -0.05) is 38.3 Å². The van der Waals surface area contributed by atoms with E-state index < -0.39 is 18.0 Å². The van der Waals surface area contributed by atoms with Crippen LogP contribution in [0.1, 0.15) is 84.6 Å². The number of halogens is 2. The summed E-state index contributed by atoms with van der Waals surface area (Å²) < 4.78 is 25.1. The minimum absolute atomic E-state index is 0.0381. The molecule has 1 aromatic heterocycles. The summed E-state index contributed by atoms with van der Waals surface area (Å²) >= 11 is 9.68. The SMILES string of the molecule is CCCCCC(O)c1cccc(SC2C(Cl)CC[C@@H]2CCCc2nc(F)c(C(=O)OCCN3CCOCC3)s2)c1. The second-order valence-electron chi connectivity index (χ2n) is 10.7. The van der Waals surface area contributed by atoms with Crippen LogP contribution in [0.2, 0.25) is 0 Å². The summed E-state index contributed by atoms with van der Waals surface area (Å²) in [4.78, 5) is 19.7. The largest absolute Gasteiger partial charge is 0.460 e. The lowest BCUT2D eigenvalue weighted by Crippen LogP contribution is -2.38. The minimum atomic E-state index is -0.733. The predicted octanol–water partition coefficient (Wildman–Crippen LogP) is 6.89. The fraction of sp³-hybridized carbons (Fsp3) is 0.667. The van der Waals surface area contributed by atoms with Crippen molar-refractivity contribution in [3.63, 3.8) is 0 Å². The highest BCUT2D eigenvalue weighted by molar-refractivity contribution is 8.00. The summed E-state index contributed by atoms with van der Waals surface area (Å²) in [6, 6.07) is 8.24. The van der Waals surface area contributed by atoms with Crippen LogP contribution < -0.4 is 0 Å². The Bertz CT molecular complexity index is 1070. The summed E-state index contributed by atoms with van der Waals surface area (Å²) in [7, 11) is 0. The maximum atomic E-state index is 14.4. The van der Waals surface area contributed by atoms with E-state index in [1.807, 2.05) is 23.9 Å². The average molecular weight is 613 g/mol. The van der Waals surface area contributed by atoms with Gasteiger partial charge in [0, 0.05) is 35.2 Å². The van der Waals surface area contributed by atoms with Gasteiger partial charge in [0.15, 0.2) is 4.88 Å². The van der Waals surface area contributed by atoms with Crippen molar-refractivity contribution in [3.8, 4) is 0 Å². The van der Waals surface area contributed by atoms with Gasteiger partial charge >= 0.3 is 5.97 Å². The van der Waals surface area contributed by atoms with E-state index in [0.29, 0.717) is 42.4 Å².